The van der Waals surface area contributed by atoms with E-state index < -0.39 is 29.6 Å². The Morgan fingerprint density at radius 2 is 1.70 bits per heavy atom. The molecule has 20 heavy (non-hydrogen) atoms. The SMILES string of the molecule is CC(CC(N)=O)C(=O)ON1C(=O)c2ccccc2C1=O. The molecule has 1 aromatic rings. The Kier molecular flexibility index (Phi) is 3.51. The number of hydrogen-bond acceptors (Lipinski definition) is 5. The molecule has 0 radical (unpaired) electrons. The zero-order chi connectivity index (χ0) is 14.9. The first kappa shape index (κ1) is 13.7. The van der Waals surface area contributed by atoms with Crippen LogP contribution in [0.4, 0.5) is 0 Å². The van der Waals surface area contributed by atoms with Crippen LogP contribution in [0.2, 0.25) is 0 Å². The lowest BCUT2D eigenvalue weighted by Gasteiger charge is -2.15. The molecular weight excluding hydrogens is 264 g/mol. The molecule has 1 aliphatic rings. The predicted molar refractivity (Wildman–Crippen MR) is 66.0 cm³/mol. The fraction of sp³-hybridized carbons (Fsp3) is 0.231. The lowest BCUT2D eigenvalue weighted by molar-refractivity contribution is -0.173. The van der Waals surface area contributed by atoms with E-state index in [2.05, 4.69) is 0 Å². The summed E-state index contributed by atoms with van der Waals surface area (Å²) in [7, 11) is 0. The van der Waals surface area contributed by atoms with Crippen LogP contribution in [0, 0.1) is 5.92 Å². The molecule has 1 atom stereocenters. The van der Waals surface area contributed by atoms with Gasteiger partial charge < -0.3 is 10.6 Å². The molecule has 0 bridgehead atoms. The number of primary amides is 1. The van der Waals surface area contributed by atoms with Crippen molar-refractivity contribution in [1.29, 1.82) is 0 Å². The van der Waals surface area contributed by atoms with Gasteiger partial charge in [0, 0.05) is 6.42 Å². The number of amides is 3. The normalized spacial score (nSPS) is 14.9. The van der Waals surface area contributed by atoms with Crippen LogP contribution in [0.25, 0.3) is 0 Å². The van der Waals surface area contributed by atoms with Crippen LogP contribution in [0.3, 0.4) is 0 Å². The van der Waals surface area contributed by atoms with Gasteiger partial charge in [-0.25, -0.2) is 4.79 Å². The van der Waals surface area contributed by atoms with E-state index in [4.69, 9.17) is 10.6 Å². The van der Waals surface area contributed by atoms with Crippen LogP contribution >= 0.6 is 0 Å². The summed E-state index contributed by atoms with van der Waals surface area (Å²) in [5.74, 6) is -3.78. The molecule has 1 aromatic carbocycles. The average Bonchev–Trinajstić information content (AvgIpc) is 2.64. The maximum Gasteiger partial charge on any atom is 0.336 e. The zero-order valence-electron chi connectivity index (χ0n) is 10.7. The number of fused-ring (bicyclic) bond motifs is 1. The van der Waals surface area contributed by atoms with Crippen LogP contribution in [0.5, 0.6) is 0 Å². The largest absolute Gasteiger partial charge is 0.370 e. The third-order valence-electron chi connectivity index (χ3n) is 2.85. The Balaban J connectivity index is 2.13. The van der Waals surface area contributed by atoms with Gasteiger partial charge in [-0.2, -0.15) is 0 Å². The third kappa shape index (κ3) is 2.37. The van der Waals surface area contributed by atoms with E-state index in [9.17, 15) is 19.2 Å². The number of carbonyl (C=O) groups excluding carboxylic acids is 4. The van der Waals surface area contributed by atoms with Crippen molar-refractivity contribution in [3.63, 3.8) is 0 Å². The lowest BCUT2D eigenvalue weighted by atomic mass is 10.1. The van der Waals surface area contributed by atoms with E-state index >= 15 is 0 Å². The van der Waals surface area contributed by atoms with E-state index in [0.29, 0.717) is 5.06 Å². The monoisotopic (exact) mass is 276 g/mol. The van der Waals surface area contributed by atoms with Crippen LogP contribution in [0.15, 0.2) is 24.3 Å². The number of imide groups is 1. The molecule has 1 aliphatic heterocycles. The minimum absolute atomic E-state index is 0.174. The maximum absolute atomic E-state index is 11.9. The minimum Gasteiger partial charge on any atom is -0.370 e. The molecule has 0 aromatic heterocycles. The highest BCUT2D eigenvalue weighted by molar-refractivity contribution is 6.20. The number of benzene rings is 1. The van der Waals surface area contributed by atoms with Crippen molar-refractivity contribution >= 4 is 23.7 Å². The lowest BCUT2D eigenvalue weighted by Crippen LogP contribution is -2.35. The molecule has 2 rings (SSSR count). The molecule has 0 aliphatic carbocycles. The van der Waals surface area contributed by atoms with E-state index in [1.807, 2.05) is 0 Å². The van der Waals surface area contributed by atoms with Crippen LogP contribution in [0.1, 0.15) is 34.1 Å². The van der Waals surface area contributed by atoms with Crippen molar-refractivity contribution in [2.75, 3.05) is 0 Å². The summed E-state index contributed by atoms with van der Waals surface area (Å²) >= 11 is 0. The van der Waals surface area contributed by atoms with Gasteiger partial charge in [-0.15, -0.1) is 0 Å². The second kappa shape index (κ2) is 5.12. The highest BCUT2D eigenvalue weighted by Crippen LogP contribution is 2.23. The number of nitrogens with two attached hydrogens (primary N) is 1. The summed E-state index contributed by atoms with van der Waals surface area (Å²) in [6.07, 6.45) is -0.220. The molecule has 2 N–H and O–H groups in total. The van der Waals surface area contributed by atoms with Crippen molar-refractivity contribution in [3.8, 4) is 0 Å². The Hall–Kier alpha value is -2.70. The van der Waals surface area contributed by atoms with Gasteiger partial charge in [0.2, 0.25) is 5.91 Å². The molecular formula is C13H12N2O5. The van der Waals surface area contributed by atoms with Gasteiger partial charge in [0.15, 0.2) is 0 Å². The Labute approximate surface area is 114 Å². The predicted octanol–water partition coefficient (Wildman–Crippen LogP) is 0.252. The standard InChI is InChI=1S/C13H12N2O5/c1-7(6-10(14)16)13(19)20-15-11(17)8-4-2-3-5-9(8)12(15)18/h2-5,7H,6H2,1H3,(H2,14,16). The van der Waals surface area contributed by atoms with Crippen LogP contribution < -0.4 is 5.73 Å². The van der Waals surface area contributed by atoms with Crippen molar-refractivity contribution in [2.24, 2.45) is 11.7 Å². The fourth-order valence-electron chi connectivity index (χ4n) is 1.82. The fourth-order valence-corrected chi connectivity index (χ4v) is 1.82. The van der Waals surface area contributed by atoms with E-state index in [1.54, 1.807) is 12.1 Å². The van der Waals surface area contributed by atoms with Crippen LogP contribution in [-0.4, -0.2) is 28.8 Å². The van der Waals surface area contributed by atoms with E-state index in [0.717, 1.165) is 0 Å². The van der Waals surface area contributed by atoms with Gasteiger partial charge in [0.05, 0.1) is 17.0 Å². The molecule has 0 saturated carbocycles. The topological polar surface area (TPSA) is 107 Å². The first-order valence-electron chi connectivity index (χ1n) is 5.89. The van der Waals surface area contributed by atoms with Crippen molar-refractivity contribution in [2.45, 2.75) is 13.3 Å². The second-order valence-electron chi connectivity index (χ2n) is 4.43. The number of hydrogen-bond donors (Lipinski definition) is 1. The third-order valence-corrected chi connectivity index (χ3v) is 2.85. The van der Waals surface area contributed by atoms with Gasteiger partial charge in [0.1, 0.15) is 0 Å². The summed E-state index contributed by atoms with van der Waals surface area (Å²) in [6, 6.07) is 6.14. The Morgan fingerprint density at radius 3 is 2.15 bits per heavy atom. The summed E-state index contributed by atoms with van der Waals surface area (Å²) in [6.45, 7) is 1.42. The van der Waals surface area contributed by atoms with Gasteiger partial charge >= 0.3 is 5.97 Å². The Morgan fingerprint density at radius 1 is 1.20 bits per heavy atom. The highest BCUT2D eigenvalue weighted by atomic mass is 16.7. The molecule has 1 heterocycles. The molecule has 7 nitrogen and oxygen atoms in total. The molecule has 0 spiro atoms. The van der Waals surface area contributed by atoms with Gasteiger partial charge in [0.25, 0.3) is 11.8 Å². The molecule has 0 saturated heterocycles. The summed E-state index contributed by atoms with van der Waals surface area (Å²) in [4.78, 5) is 51.0. The number of rotatable bonds is 4. The smallest absolute Gasteiger partial charge is 0.336 e. The zero-order valence-corrected chi connectivity index (χ0v) is 10.7. The summed E-state index contributed by atoms with van der Waals surface area (Å²) < 4.78 is 0. The quantitative estimate of drug-likeness (QED) is 0.793. The first-order chi connectivity index (χ1) is 9.41. The molecule has 7 heteroatoms. The van der Waals surface area contributed by atoms with E-state index in [1.165, 1.54) is 19.1 Å². The molecule has 1 unspecified atom stereocenters. The maximum atomic E-state index is 11.9. The van der Waals surface area contributed by atoms with E-state index in [-0.39, 0.29) is 17.5 Å². The van der Waals surface area contributed by atoms with Gasteiger partial charge in [-0.1, -0.05) is 24.1 Å². The number of carbonyl (C=O) groups is 4. The van der Waals surface area contributed by atoms with Crippen molar-refractivity contribution in [3.05, 3.63) is 35.4 Å². The van der Waals surface area contributed by atoms with Gasteiger partial charge in [-0.05, 0) is 12.1 Å². The average molecular weight is 276 g/mol. The van der Waals surface area contributed by atoms with Crippen molar-refractivity contribution < 1.29 is 24.0 Å². The number of nitrogens with zero attached hydrogens (tertiary/aromatic N) is 1. The van der Waals surface area contributed by atoms with Gasteiger partial charge in [-0.3, -0.25) is 14.4 Å². The number of hydroxylamine groups is 2. The highest BCUT2D eigenvalue weighted by Gasteiger charge is 2.39. The second-order valence-corrected chi connectivity index (χ2v) is 4.43. The first-order valence-corrected chi connectivity index (χ1v) is 5.89. The minimum atomic E-state index is -0.863. The molecule has 0 fully saturated rings. The summed E-state index contributed by atoms with van der Waals surface area (Å²) in [5.41, 5.74) is 5.32. The summed E-state index contributed by atoms with van der Waals surface area (Å²) in [5, 5.41) is 0.407. The Bertz CT molecular complexity index is 576. The molecule has 104 valence electrons. The van der Waals surface area contributed by atoms with Crippen molar-refractivity contribution in [1.82, 2.24) is 5.06 Å². The van der Waals surface area contributed by atoms with Crippen LogP contribution in [-0.2, 0) is 14.4 Å². The molecule has 3 amide bonds.